The Bertz CT molecular complexity index is 118. The van der Waals surface area contributed by atoms with Gasteiger partial charge < -0.3 is 10.1 Å². The molecular weight excluding hydrogens is 126 g/mol. The maximum absolute atomic E-state index is 5.63. The van der Waals surface area contributed by atoms with Gasteiger partial charge in [0.2, 0.25) is 0 Å². The van der Waals surface area contributed by atoms with Gasteiger partial charge in [-0.3, -0.25) is 0 Å². The monoisotopic (exact) mass is 141 g/mol. The van der Waals surface area contributed by atoms with E-state index in [1.54, 1.807) is 0 Å². The molecule has 58 valence electrons. The third-order valence-corrected chi connectivity index (χ3v) is 2.59. The SMILES string of the molecule is CC1NCCCC2CC1O2. The Morgan fingerprint density at radius 1 is 1.50 bits per heavy atom. The summed E-state index contributed by atoms with van der Waals surface area (Å²) in [6.45, 7) is 3.39. The van der Waals surface area contributed by atoms with Gasteiger partial charge in [-0.2, -0.15) is 0 Å². The Balaban J connectivity index is 1.91. The van der Waals surface area contributed by atoms with Crippen molar-refractivity contribution in [1.29, 1.82) is 0 Å². The van der Waals surface area contributed by atoms with Crippen LogP contribution >= 0.6 is 0 Å². The molecule has 3 atom stereocenters. The number of rotatable bonds is 0. The van der Waals surface area contributed by atoms with Crippen LogP contribution in [0.15, 0.2) is 0 Å². The molecule has 2 bridgehead atoms. The largest absolute Gasteiger partial charge is 0.373 e. The third kappa shape index (κ3) is 1.06. The van der Waals surface area contributed by atoms with Gasteiger partial charge in [-0.25, -0.2) is 0 Å². The summed E-state index contributed by atoms with van der Waals surface area (Å²) in [6.07, 6.45) is 4.95. The van der Waals surface area contributed by atoms with Gasteiger partial charge in [0, 0.05) is 12.5 Å². The minimum atomic E-state index is 0.519. The van der Waals surface area contributed by atoms with Crippen molar-refractivity contribution in [2.45, 2.75) is 44.4 Å². The molecule has 0 aromatic carbocycles. The van der Waals surface area contributed by atoms with E-state index in [9.17, 15) is 0 Å². The zero-order valence-electron chi connectivity index (χ0n) is 6.47. The van der Waals surface area contributed by atoms with Gasteiger partial charge in [0.25, 0.3) is 0 Å². The van der Waals surface area contributed by atoms with Crippen molar-refractivity contribution in [3.63, 3.8) is 0 Å². The highest BCUT2D eigenvalue weighted by molar-refractivity contribution is 4.87. The Hall–Kier alpha value is -0.0800. The van der Waals surface area contributed by atoms with Crippen LogP contribution in [-0.4, -0.2) is 24.8 Å². The molecule has 3 unspecified atom stereocenters. The highest BCUT2D eigenvalue weighted by Crippen LogP contribution is 2.28. The fourth-order valence-electron chi connectivity index (χ4n) is 1.79. The van der Waals surface area contributed by atoms with Crippen LogP contribution in [0.5, 0.6) is 0 Å². The second-order valence-corrected chi connectivity index (χ2v) is 3.42. The molecular formula is C8H15NO. The van der Waals surface area contributed by atoms with Gasteiger partial charge in [0.1, 0.15) is 0 Å². The maximum atomic E-state index is 5.63. The molecule has 0 aromatic heterocycles. The van der Waals surface area contributed by atoms with E-state index >= 15 is 0 Å². The molecule has 0 aromatic rings. The Labute approximate surface area is 61.9 Å². The summed E-state index contributed by atoms with van der Waals surface area (Å²) < 4.78 is 5.63. The van der Waals surface area contributed by atoms with Gasteiger partial charge >= 0.3 is 0 Å². The van der Waals surface area contributed by atoms with Crippen molar-refractivity contribution in [3.05, 3.63) is 0 Å². The summed E-state index contributed by atoms with van der Waals surface area (Å²) in [5.41, 5.74) is 0. The number of fused-ring (bicyclic) bond motifs is 4. The van der Waals surface area contributed by atoms with Crippen molar-refractivity contribution < 1.29 is 4.74 Å². The molecule has 2 nitrogen and oxygen atoms in total. The summed E-state index contributed by atoms with van der Waals surface area (Å²) >= 11 is 0. The average molecular weight is 141 g/mol. The van der Waals surface area contributed by atoms with Crippen LogP contribution in [0.25, 0.3) is 0 Å². The van der Waals surface area contributed by atoms with Crippen LogP contribution in [0.2, 0.25) is 0 Å². The molecule has 0 amide bonds. The fourth-order valence-corrected chi connectivity index (χ4v) is 1.79. The molecule has 0 spiro atoms. The van der Waals surface area contributed by atoms with E-state index in [4.69, 9.17) is 4.74 Å². The molecule has 3 rings (SSSR count). The van der Waals surface area contributed by atoms with E-state index in [1.165, 1.54) is 25.8 Å². The molecule has 3 aliphatic heterocycles. The standard InChI is InChI=1S/C8H15NO/c1-6-8-5-7(10-8)3-2-4-9-6/h6-9H,2-5H2,1H3. The van der Waals surface area contributed by atoms with Crippen LogP contribution in [0.1, 0.15) is 26.2 Å². The lowest BCUT2D eigenvalue weighted by Gasteiger charge is -2.42. The second-order valence-electron chi connectivity index (χ2n) is 3.42. The smallest absolute Gasteiger partial charge is 0.0753 e. The van der Waals surface area contributed by atoms with E-state index < -0.39 is 0 Å². The number of nitrogens with one attached hydrogen (secondary N) is 1. The molecule has 2 heteroatoms. The summed E-state index contributed by atoms with van der Waals surface area (Å²) in [5.74, 6) is 0. The van der Waals surface area contributed by atoms with Crippen LogP contribution in [0.4, 0.5) is 0 Å². The number of hydrogen-bond donors (Lipinski definition) is 1. The van der Waals surface area contributed by atoms with Crippen LogP contribution < -0.4 is 5.32 Å². The third-order valence-electron chi connectivity index (χ3n) is 2.59. The van der Waals surface area contributed by atoms with Crippen molar-refractivity contribution in [3.8, 4) is 0 Å². The van der Waals surface area contributed by atoms with E-state index in [0.717, 1.165) is 0 Å². The van der Waals surface area contributed by atoms with Crippen molar-refractivity contribution >= 4 is 0 Å². The predicted octanol–water partition coefficient (Wildman–Crippen LogP) is 0.916. The first kappa shape index (κ1) is 6.62. The van der Waals surface area contributed by atoms with Crippen LogP contribution in [0, 0.1) is 0 Å². The molecule has 3 heterocycles. The average Bonchev–Trinajstić information content (AvgIpc) is 1.75. The van der Waals surface area contributed by atoms with Gasteiger partial charge in [-0.05, 0) is 26.3 Å². The number of hydrogen-bond acceptors (Lipinski definition) is 2. The van der Waals surface area contributed by atoms with E-state index in [0.29, 0.717) is 18.2 Å². The summed E-state index contributed by atoms with van der Waals surface area (Å²) in [4.78, 5) is 0. The van der Waals surface area contributed by atoms with Gasteiger partial charge in [-0.15, -0.1) is 0 Å². The van der Waals surface area contributed by atoms with Crippen molar-refractivity contribution in [2.24, 2.45) is 0 Å². The summed E-state index contributed by atoms with van der Waals surface area (Å²) in [5, 5.41) is 3.45. The molecule has 3 aliphatic rings. The lowest BCUT2D eigenvalue weighted by atomic mass is 9.93. The second kappa shape index (κ2) is 2.51. The Morgan fingerprint density at radius 2 is 2.30 bits per heavy atom. The van der Waals surface area contributed by atoms with E-state index in [1.807, 2.05) is 0 Å². The molecule has 0 radical (unpaired) electrons. The molecule has 10 heavy (non-hydrogen) atoms. The summed E-state index contributed by atoms with van der Waals surface area (Å²) in [7, 11) is 0. The maximum Gasteiger partial charge on any atom is 0.0753 e. The van der Waals surface area contributed by atoms with Gasteiger partial charge in [0.05, 0.1) is 12.2 Å². The molecule has 3 fully saturated rings. The lowest BCUT2D eigenvalue weighted by molar-refractivity contribution is -0.145. The minimum absolute atomic E-state index is 0.519. The topological polar surface area (TPSA) is 21.3 Å². The molecule has 1 N–H and O–H groups in total. The van der Waals surface area contributed by atoms with E-state index in [2.05, 4.69) is 12.2 Å². The Kier molecular flexibility index (Phi) is 1.66. The highest BCUT2D eigenvalue weighted by atomic mass is 16.5. The normalized spacial score (nSPS) is 47.1. The van der Waals surface area contributed by atoms with Crippen LogP contribution in [0.3, 0.4) is 0 Å². The lowest BCUT2D eigenvalue weighted by Crippen LogP contribution is -2.52. The first-order chi connectivity index (χ1) is 4.86. The van der Waals surface area contributed by atoms with Crippen LogP contribution in [-0.2, 0) is 4.74 Å². The van der Waals surface area contributed by atoms with E-state index in [-0.39, 0.29) is 0 Å². The summed E-state index contributed by atoms with van der Waals surface area (Å²) in [6, 6.07) is 0.580. The fraction of sp³-hybridized carbons (Fsp3) is 1.00. The molecule has 0 saturated carbocycles. The van der Waals surface area contributed by atoms with Crippen molar-refractivity contribution in [1.82, 2.24) is 5.32 Å². The van der Waals surface area contributed by atoms with Crippen molar-refractivity contribution in [2.75, 3.05) is 6.54 Å². The zero-order chi connectivity index (χ0) is 6.97. The van der Waals surface area contributed by atoms with Gasteiger partial charge in [-0.1, -0.05) is 0 Å². The van der Waals surface area contributed by atoms with Gasteiger partial charge in [0.15, 0.2) is 0 Å². The zero-order valence-corrected chi connectivity index (χ0v) is 6.47. The Morgan fingerprint density at radius 3 is 3.10 bits per heavy atom. The number of ether oxygens (including phenoxy) is 1. The molecule has 3 saturated heterocycles. The quantitative estimate of drug-likeness (QED) is 0.541. The predicted molar refractivity (Wildman–Crippen MR) is 40.0 cm³/mol. The first-order valence-corrected chi connectivity index (χ1v) is 4.25. The minimum Gasteiger partial charge on any atom is -0.373 e. The highest BCUT2D eigenvalue weighted by Gasteiger charge is 2.34. The molecule has 0 aliphatic carbocycles. The first-order valence-electron chi connectivity index (χ1n) is 4.25.